The molecule has 0 aliphatic rings. The zero-order valence-electron chi connectivity index (χ0n) is 12.0. The normalized spacial score (nSPS) is 11.0. The summed E-state index contributed by atoms with van der Waals surface area (Å²) in [6.07, 6.45) is 7.41. The van der Waals surface area contributed by atoms with Crippen LogP contribution < -0.4 is 5.32 Å². The van der Waals surface area contributed by atoms with E-state index < -0.39 is 0 Å². The molecule has 0 bridgehead atoms. The first kappa shape index (κ1) is 15.3. The minimum absolute atomic E-state index is 0.0582. The van der Waals surface area contributed by atoms with Crippen molar-refractivity contribution in [1.82, 2.24) is 5.32 Å². The van der Waals surface area contributed by atoms with E-state index in [-0.39, 0.29) is 6.04 Å². The van der Waals surface area contributed by atoms with E-state index in [0.717, 1.165) is 11.1 Å². The molecule has 0 aliphatic heterocycles. The van der Waals surface area contributed by atoms with Crippen LogP contribution in [0, 0.1) is 24.2 Å². The van der Waals surface area contributed by atoms with Crippen LogP contribution in [0.3, 0.4) is 0 Å². The fourth-order valence-corrected chi connectivity index (χ4v) is 2.29. The van der Waals surface area contributed by atoms with Crippen molar-refractivity contribution < 1.29 is 0 Å². The monoisotopic (exact) mass is 291 g/mol. The molecular weight excluding hydrogens is 274 g/mol. The molecule has 2 rings (SSSR count). The molecule has 0 aromatic heterocycles. The third-order valence-corrected chi connectivity index (χ3v) is 3.74. The lowest BCUT2D eigenvalue weighted by Gasteiger charge is -2.12. The highest BCUT2D eigenvalue weighted by molar-refractivity contribution is 7.98. The molecule has 0 fully saturated rings. The summed E-state index contributed by atoms with van der Waals surface area (Å²) in [4.78, 5) is 1.24. The second-order valence-corrected chi connectivity index (χ2v) is 5.31. The number of hydrogen-bond donors (Lipinski definition) is 1. The molecule has 0 saturated carbocycles. The predicted octanol–water partition coefficient (Wildman–Crippen LogP) is 3.72. The fourth-order valence-electron chi connectivity index (χ4n) is 1.89. The molecular formula is C19H17NS. The third kappa shape index (κ3) is 4.72. The zero-order chi connectivity index (χ0) is 14.9. The van der Waals surface area contributed by atoms with Gasteiger partial charge in [-0.1, -0.05) is 48.1 Å². The van der Waals surface area contributed by atoms with Gasteiger partial charge in [-0.15, -0.1) is 18.2 Å². The molecule has 1 atom stereocenters. The van der Waals surface area contributed by atoms with Crippen LogP contribution in [0.5, 0.6) is 0 Å². The highest BCUT2D eigenvalue weighted by Gasteiger charge is 2.06. The molecule has 0 amide bonds. The quantitative estimate of drug-likeness (QED) is 0.680. The van der Waals surface area contributed by atoms with E-state index in [4.69, 9.17) is 6.42 Å². The van der Waals surface area contributed by atoms with Crippen LogP contribution >= 0.6 is 11.8 Å². The van der Waals surface area contributed by atoms with Gasteiger partial charge in [-0.05, 0) is 36.1 Å². The standard InChI is InChI=1S/C19H17NS/c1-3-15-20-19(14-9-16-7-5-4-6-8-16)17-10-12-18(21-2)13-11-17/h1,4-8,10-13,19-20H,15H2,2H3. The van der Waals surface area contributed by atoms with Gasteiger partial charge in [0.1, 0.15) is 0 Å². The molecule has 104 valence electrons. The number of benzene rings is 2. The van der Waals surface area contributed by atoms with Crippen LogP contribution in [0.1, 0.15) is 17.2 Å². The molecule has 0 saturated heterocycles. The largest absolute Gasteiger partial charge is 0.289 e. The summed E-state index contributed by atoms with van der Waals surface area (Å²) >= 11 is 1.73. The van der Waals surface area contributed by atoms with E-state index in [1.165, 1.54) is 4.90 Å². The maximum atomic E-state index is 5.34. The van der Waals surface area contributed by atoms with Crippen LogP contribution in [0.25, 0.3) is 0 Å². The van der Waals surface area contributed by atoms with Crippen LogP contribution in [0.4, 0.5) is 0 Å². The molecule has 2 heteroatoms. The average Bonchev–Trinajstić information content (AvgIpc) is 2.56. The zero-order valence-corrected chi connectivity index (χ0v) is 12.8. The van der Waals surface area contributed by atoms with Gasteiger partial charge in [0.05, 0.1) is 12.6 Å². The van der Waals surface area contributed by atoms with Gasteiger partial charge in [0.25, 0.3) is 0 Å². The smallest absolute Gasteiger partial charge is 0.0956 e. The van der Waals surface area contributed by atoms with E-state index in [0.29, 0.717) is 6.54 Å². The highest BCUT2D eigenvalue weighted by atomic mass is 32.2. The van der Waals surface area contributed by atoms with Crippen molar-refractivity contribution >= 4 is 11.8 Å². The maximum absolute atomic E-state index is 5.34. The van der Waals surface area contributed by atoms with Crippen molar-refractivity contribution in [3.63, 3.8) is 0 Å². The van der Waals surface area contributed by atoms with Gasteiger partial charge in [0, 0.05) is 10.5 Å². The molecule has 0 spiro atoms. The third-order valence-electron chi connectivity index (χ3n) is 2.99. The number of terminal acetylenes is 1. The first-order valence-electron chi connectivity index (χ1n) is 6.71. The summed E-state index contributed by atoms with van der Waals surface area (Å²) in [5.74, 6) is 9.06. The maximum Gasteiger partial charge on any atom is 0.0956 e. The van der Waals surface area contributed by atoms with Gasteiger partial charge in [-0.25, -0.2) is 0 Å². The molecule has 2 aromatic carbocycles. The van der Waals surface area contributed by atoms with Crippen molar-refractivity contribution in [2.24, 2.45) is 0 Å². The lowest BCUT2D eigenvalue weighted by Crippen LogP contribution is -2.20. The van der Waals surface area contributed by atoms with E-state index >= 15 is 0 Å². The lowest BCUT2D eigenvalue weighted by molar-refractivity contribution is 0.698. The van der Waals surface area contributed by atoms with E-state index in [1.54, 1.807) is 11.8 Å². The Bertz CT molecular complexity index is 657. The molecule has 0 aliphatic carbocycles. The van der Waals surface area contributed by atoms with Crippen LogP contribution in [-0.4, -0.2) is 12.8 Å². The molecule has 1 nitrogen and oxygen atoms in total. The Labute approximate surface area is 131 Å². The minimum Gasteiger partial charge on any atom is -0.289 e. The van der Waals surface area contributed by atoms with Gasteiger partial charge >= 0.3 is 0 Å². The topological polar surface area (TPSA) is 12.0 Å². The van der Waals surface area contributed by atoms with Gasteiger partial charge in [-0.3, -0.25) is 5.32 Å². The predicted molar refractivity (Wildman–Crippen MR) is 91.1 cm³/mol. The van der Waals surface area contributed by atoms with Gasteiger partial charge < -0.3 is 0 Å². The van der Waals surface area contributed by atoms with Gasteiger partial charge in [0.2, 0.25) is 0 Å². The SMILES string of the molecule is C#CCNC(C#Cc1ccccc1)c1ccc(SC)cc1. The summed E-state index contributed by atoms with van der Waals surface area (Å²) in [6, 6.07) is 18.3. The summed E-state index contributed by atoms with van der Waals surface area (Å²) in [5, 5.41) is 3.28. The van der Waals surface area contributed by atoms with Crippen molar-refractivity contribution in [3.05, 3.63) is 65.7 Å². The van der Waals surface area contributed by atoms with Crippen molar-refractivity contribution in [2.75, 3.05) is 12.8 Å². The Morgan fingerprint density at radius 3 is 2.43 bits per heavy atom. The van der Waals surface area contributed by atoms with Crippen molar-refractivity contribution in [2.45, 2.75) is 10.9 Å². The van der Waals surface area contributed by atoms with Crippen LogP contribution in [0.2, 0.25) is 0 Å². The molecule has 1 N–H and O–H groups in total. The summed E-state index contributed by atoms with van der Waals surface area (Å²) in [5.41, 5.74) is 2.14. The van der Waals surface area contributed by atoms with Gasteiger partial charge in [0.15, 0.2) is 0 Å². The lowest BCUT2D eigenvalue weighted by atomic mass is 10.1. The summed E-state index contributed by atoms with van der Waals surface area (Å²) in [7, 11) is 0. The Balaban J connectivity index is 2.22. The minimum atomic E-state index is -0.0582. The first-order chi connectivity index (χ1) is 10.3. The number of nitrogens with one attached hydrogen (secondary N) is 1. The van der Waals surface area contributed by atoms with Crippen LogP contribution in [0.15, 0.2) is 59.5 Å². The Hall–Kier alpha value is -2.13. The Kier molecular flexibility index (Phi) is 5.98. The Morgan fingerprint density at radius 2 is 1.81 bits per heavy atom. The molecule has 2 aromatic rings. The second-order valence-electron chi connectivity index (χ2n) is 4.43. The summed E-state index contributed by atoms with van der Waals surface area (Å²) in [6.45, 7) is 0.498. The van der Waals surface area contributed by atoms with E-state index in [1.807, 2.05) is 30.3 Å². The van der Waals surface area contributed by atoms with Crippen molar-refractivity contribution in [3.8, 4) is 24.2 Å². The summed E-state index contributed by atoms with van der Waals surface area (Å²) < 4.78 is 0. The molecule has 0 radical (unpaired) electrons. The fraction of sp³-hybridized carbons (Fsp3) is 0.158. The van der Waals surface area contributed by atoms with Crippen molar-refractivity contribution in [1.29, 1.82) is 0 Å². The Morgan fingerprint density at radius 1 is 1.10 bits per heavy atom. The van der Waals surface area contributed by atoms with E-state index in [9.17, 15) is 0 Å². The van der Waals surface area contributed by atoms with Crippen LogP contribution in [-0.2, 0) is 0 Å². The van der Waals surface area contributed by atoms with Gasteiger partial charge in [-0.2, -0.15) is 0 Å². The number of rotatable bonds is 4. The first-order valence-corrected chi connectivity index (χ1v) is 7.93. The highest BCUT2D eigenvalue weighted by Crippen LogP contribution is 2.19. The molecule has 21 heavy (non-hydrogen) atoms. The number of hydrogen-bond acceptors (Lipinski definition) is 2. The number of thioether (sulfide) groups is 1. The average molecular weight is 291 g/mol. The molecule has 1 unspecified atom stereocenters. The second kappa shape index (κ2) is 8.22. The van der Waals surface area contributed by atoms with E-state index in [2.05, 4.69) is 53.6 Å². The molecule has 0 heterocycles.